The Morgan fingerprint density at radius 2 is 2.22 bits per heavy atom. The minimum absolute atomic E-state index is 0.197. The van der Waals surface area contributed by atoms with E-state index in [4.69, 9.17) is 5.11 Å². The molecule has 1 aliphatic carbocycles. The Balaban J connectivity index is 2.54. The van der Waals surface area contributed by atoms with E-state index in [-0.39, 0.29) is 11.8 Å². The minimum atomic E-state index is -1.25. The summed E-state index contributed by atoms with van der Waals surface area (Å²) in [6, 6.07) is 0. The van der Waals surface area contributed by atoms with Gasteiger partial charge < -0.3 is 10.2 Å². The van der Waals surface area contributed by atoms with E-state index in [1.54, 1.807) is 6.08 Å². The van der Waals surface area contributed by atoms with Crippen molar-refractivity contribution in [3.05, 3.63) is 23.8 Å². The molecule has 102 valence electrons. The molecule has 2 unspecified atom stereocenters. The third-order valence-corrected chi connectivity index (χ3v) is 4.15. The van der Waals surface area contributed by atoms with Crippen LogP contribution in [0.15, 0.2) is 23.8 Å². The molecule has 1 aliphatic rings. The zero-order chi connectivity index (χ0) is 14.0. The summed E-state index contributed by atoms with van der Waals surface area (Å²) in [5.74, 6) is -0.447. The minimum Gasteiger partial charge on any atom is -0.481 e. The molecule has 0 aromatic rings. The summed E-state index contributed by atoms with van der Waals surface area (Å²) in [4.78, 5) is 10.6. The fourth-order valence-corrected chi connectivity index (χ4v) is 2.44. The number of carboxylic acids is 1. The highest BCUT2D eigenvalue weighted by molar-refractivity contribution is 5.68. The van der Waals surface area contributed by atoms with Gasteiger partial charge in [-0.3, -0.25) is 4.79 Å². The summed E-state index contributed by atoms with van der Waals surface area (Å²) in [6.07, 6.45) is 7.48. The number of hydrogen-bond donors (Lipinski definition) is 2. The third kappa shape index (κ3) is 3.70. The van der Waals surface area contributed by atoms with Gasteiger partial charge in [0.05, 0.1) is 12.0 Å². The van der Waals surface area contributed by atoms with E-state index in [9.17, 15) is 9.90 Å². The van der Waals surface area contributed by atoms with Crippen LogP contribution in [0.2, 0.25) is 0 Å². The van der Waals surface area contributed by atoms with Crippen molar-refractivity contribution >= 4 is 5.97 Å². The third-order valence-electron chi connectivity index (χ3n) is 4.15. The van der Waals surface area contributed by atoms with Gasteiger partial charge in [0.2, 0.25) is 0 Å². The van der Waals surface area contributed by atoms with Gasteiger partial charge in [-0.25, -0.2) is 0 Å². The van der Waals surface area contributed by atoms with Gasteiger partial charge in [0.1, 0.15) is 0 Å². The first-order valence-electron chi connectivity index (χ1n) is 6.44. The number of aliphatic carboxylic acids is 1. The Kier molecular flexibility index (Phi) is 4.38. The van der Waals surface area contributed by atoms with Gasteiger partial charge in [0, 0.05) is 0 Å². The molecule has 0 saturated carbocycles. The highest BCUT2D eigenvalue weighted by Gasteiger charge is 2.33. The zero-order valence-corrected chi connectivity index (χ0v) is 11.7. The molecular formula is C15H24O3. The van der Waals surface area contributed by atoms with Gasteiger partial charge in [-0.05, 0) is 38.0 Å². The topological polar surface area (TPSA) is 57.5 Å². The van der Waals surface area contributed by atoms with E-state index in [2.05, 4.69) is 26.8 Å². The summed E-state index contributed by atoms with van der Waals surface area (Å²) in [6.45, 7) is 8.16. The van der Waals surface area contributed by atoms with Gasteiger partial charge in [0.25, 0.3) is 0 Å². The average molecular weight is 252 g/mol. The van der Waals surface area contributed by atoms with Crippen molar-refractivity contribution in [2.45, 2.75) is 52.6 Å². The molecule has 0 saturated heterocycles. The molecule has 2 atom stereocenters. The quantitative estimate of drug-likeness (QED) is 0.739. The number of carboxylic acid groups (broad SMARTS) is 1. The number of carbonyl (C=O) groups is 1. The van der Waals surface area contributed by atoms with Crippen LogP contribution in [0.4, 0.5) is 0 Å². The van der Waals surface area contributed by atoms with Crippen LogP contribution in [0.3, 0.4) is 0 Å². The first kappa shape index (κ1) is 15.0. The number of aliphatic hydroxyl groups is 1. The number of rotatable bonds is 5. The van der Waals surface area contributed by atoms with Crippen molar-refractivity contribution in [2.75, 3.05) is 0 Å². The summed E-state index contributed by atoms with van der Waals surface area (Å²) in [5, 5.41) is 18.5. The SMILES string of the molecule is CC1=CCC(C/C=C/C(C)(O)CC(=O)O)C1(C)C. The molecule has 1 rings (SSSR count). The standard InChI is InChI=1S/C15H24O3/c1-11-7-8-12(14(11,2)3)6-5-9-15(4,18)10-13(16)17/h5,7,9,12,18H,6,8,10H2,1-4H3,(H,16,17)/b9-5+. The van der Waals surface area contributed by atoms with Crippen LogP contribution < -0.4 is 0 Å². The van der Waals surface area contributed by atoms with Crippen molar-refractivity contribution in [1.82, 2.24) is 0 Å². The van der Waals surface area contributed by atoms with E-state index < -0.39 is 11.6 Å². The van der Waals surface area contributed by atoms with Crippen LogP contribution in [0.25, 0.3) is 0 Å². The molecule has 0 radical (unpaired) electrons. The monoisotopic (exact) mass is 252 g/mol. The molecule has 0 heterocycles. The van der Waals surface area contributed by atoms with E-state index >= 15 is 0 Å². The summed E-state index contributed by atoms with van der Waals surface area (Å²) < 4.78 is 0. The second-order valence-corrected chi connectivity index (χ2v) is 6.11. The Labute approximate surface area is 109 Å². The summed E-state index contributed by atoms with van der Waals surface area (Å²) in [5.41, 5.74) is 0.359. The molecule has 2 N–H and O–H groups in total. The fourth-order valence-electron chi connectivity index (χ4n) is 2.44. The first-order valence-corrected chi connectivity index (χ1v) is 6.44. The lowest BCUT2D eigenvalue weighted by Crippen LogP contribution is -2.25. The maximum Gasteiger partial charge on any atom is 0.306 e. The van der Waals surface area contributed by atoms with Gasteiger partial charge in [-0.1, -0.05) is 37.6 Å². The molecule has 0 spiro atoms. The lowest BCUT2D eigenvalue weighted by atomic mass is 9.76. The van der Waals surface area contributed by atoms with Gasteiger partial charge in [-0.2, -0.15) is 0 Å². The Bertz CT molecular complexity index is 375. The highest BCUT2D eigenvalue weighted by Crippen LogP contribution is 2.44. The molecular weight excluding hydrogens is 228 g/mol. The zero-order valence-electron chi connectivity index (χ0n) is 11.7. The molecule has 0 amide bonds. The maximum atomic E-state index is 10.6. The van der Waals surface area contributed by atoms with Crippen molar-refractivity contribution in [3.8, 4) is 0 Å². The molecule has 3 heteroatoms. The lowest BCUT2D eigenvalue weighted by molar-refractivity contribution is -0.140. The molecule has 0 aromatic carbocycles. The van der Waals surface area contributed by atoms with Crippen molar-refractivity contribution in [1.29, 1.82) is 0 Å². The number of allylic oxidation sites excluding steroid dienone is 3. The maximum absolute atomic E-state index is 10.6. The summed E-state index contributed by atoms with van der Waals surface area (Å²) in [7, 11) is 0. The molecule has 0 bridgehead atoms. The van der Waals surface area contributed by atoms with E-state index in [1.807, 2.05) is 6.08 Å². The van der Waals surface area contributed by atoms with Crippen LogP contribution >= 0.6 is 0 Å². The number of hydrogen-bond acceptors (Lipinski definition) is 2. The van der Waals surface area contributed by atoms with E-state index in [0.717, 1.165) is 12.8 Å². The van der Waals surface area contributed by atoms with Crippen LogP contribution in [0.5, 0.6) is 0 Å². The van der Waals surface area contributed by atoms with Crippen molar-refractivity contribution in [3.63, 3.8) is 0 Å². The Hall–Kier alpha value is -1.09. The Morgan fingerprint density at radius 3 is 2.67 bits per heavy atom. The molecule has 18 heavy (non-hydrogen) atoms. The van der Waals surface area contributed by atoms with Crippen LogP contribution in [0, 0.1) is 11.3 Å². The average Bonchev–Trinajstić information content (AvgIpc) is 2.42. The van der Waals surface area contributed by atoms with E-state index in [0.29, 0.717) is 5.92 Å². The molecule has 3 nitrogen and oxygen atoms in total. The van der Waals surface area contributed by atoms with Crippen LogP contribution in [0.1, 0.15) is 47.0 Å². The predicted molar refractivity (Wildman–Crippen MR) is 72.3 cm³/mol. The smallest absolute Gasteiger partial charge is 0.306 e. The normalized spacial score (nSPS) is 26.1. The predicted octanol–water partition coefficient (Wildman–Crippen LogP) is 3.15. The van der Waals surface area contributed by atoms with E-state index in [1.165, 1.54) is 12.5 Å². The van der Waals surface area contributed by atoms with Crippen molar-refractivity contribution < 1.29 is 15.0 Å². The van der Waals surface area contributed by atoms with Gasteiger partial charge in [0.15, 0.2) is 0 Å². The second-order valence-electron chi connectivity index (χ2n) is 6.11. The van der Waals surface area contributed by atoms with Gasteiger partial charge in [-0.15, -0.1) is 0 Å². The van der Waals surface area contributed by atoms with Crippen molar-refractivity contribution in [2.24, 2.45) is 11.3 Å². The van der Waals surface area contributed by atoms with Gasteiger partial charge >= 0.3 is 5.97 Å². The first-order chi connectivity index (χ1) is 8.15. The lowest BCUT2D eigenvalue weighted by Gasteiger charge is -2.29. The van der Waals surface area contributed by atoms with Crippen LogP contribution in [-0.2, 0) is 4.79 Å². The molecule has 0 aliphatic heterocycles. The fraction of sp³-hybridized carbons (Fsp3) is 0.667. The largest absolute Gasteiger partial charge is 0.481 e. The second kappa shape index (κ2) is 5.27. The molecule has 0 fully saturated rings. The molecule has 0 aromatic heterocycles. The summed E-state index contributed by atoms with van der Waals surface area (Å²) >= 11 is 0. The van der Waals surface area contributed by atoms with Crippen LogP contribution in [-0.4, -0.2) is 21.8 Å². The highest BCUT2D eigenvalue weighted by atomic mass is 16.4. The Morgan fingerprint density at radius 1 is 1.61 bits per heavy atom.